The maximum Gasteiger partial charge on any atom is 0.175 e. The highest BCUT2D eigenvalue weighted by molar-refractivity contribution is 7.80. The first kappa shape index (κ1) is 14.5. The average Bonchev–Trinajstić information content (AvgIpc) is 2.62. The van der Waals surface area contributed by atoms with E-state index >= 15 is 0 Å². The molecule has 0 saturated carbocycles. The Balaban J connectivity index is 1.57. The second-order valence-corrected chi connectivity index (χ2v) is 5.85. The SMILES string of the molecule is S=C(Nc1ccc2ccccc2c1)Nc1cccc2cnncc12. The molecule has 4 rings (SSSR count). The highest BCUT2D eigenvalue weighted by atomic mass is 32.1. The number of hydrogen-bond donors (Lipinski definition) is 2. The Morgan fingerprint density at radius 3 is 2.46 bits per heavy atom. The van der Waals surface area contributed by atoms with Gasteiger partial charge < -0.3 is 10.6 Å². The quantitative estimate of drug-likeness (QED) is 0.526. The molecule has 0 radical (unpaired) electrons. The molecule has 0 atom stereocenters. The zero-order chi connectivity index (χ0) is 16.4. The van der Waals surface area contributed by atoms with Crippen molar-refractivity contribution in [1.29, 1.82) is 0 Å². The van der Waals surface area contributed by atoms with E-state index in [4.69, 9.17) is 12.2 Å². The van der Waals surface area contributed by atoms with Crippen LogP contribution in [0, 0.1) is 0 Å². The minimum atomic E-state index is 0.537. The van der Waals surface area contributed by atoms with E-state index in [0.29, 0.717) is 5.11 Å². The molecule has 0 fully saturated rings. The van der Waals surface area contributed by atoms with Crippen LogP contribution in [0.25, 0.3) is 21.5 Å². The molecular formula is C19H14N4S. The Morgan fingerprint density at radius 2 is 1.54 bits per heavy atom. The van der Waals surface area contributed by atoms with Crippen LogP contribution in [0.5, 0.6) is 0 Å². The van der Waals surface area contributed by atoms with Crippen molar-refractivity contribution in [2.24, 2.45) is 0 Å². The normalized spacial score (nSPS) is 10.7. The standard InChI is InChI=1S/C19H14N4S/c24-19(22-16-9-8-13-4-1-2-5-14(13)10-16)23-18-7-3-6-15-11-20-21-12-17(15)18/h1-12H,(H2,22,23,24). The van der Waals surface area contributed by atoms with Gasteiger partial charge in [-0.2, -0.15) is 10.2 Å². The van der Waals surface area contributed by atoms with Gasteiger partial charge in [0.1, 0.15) is 0 Å². The first-order valence-electron chi connectivity index (χ1n) is 7.56. The smallest absolute Gasteiger partial charge is 0.175 e. The van der Waals surface area contributed by atoms with Crippen LogP contribution in [0.3, 0.4) is 0 Å². The monoisotopic (exact) mass is 330 g/mol. The fourth-order valence-electron chi connectivity index (χ4n) is 2.69. The van der Waals surface area contributed by atoms with Gasteiger partial charge in [0, 0.05) is 22.1 Å². The molecule has 0 saturated heterocycles. The van der Waals surface area contributed by atoms with E-state index in [-0.39, 0.29) is 0 Å². The summed E-state index contributed by atoms with van der Waals surface area (Å²) in [5.74, 6) is 0. The number of anilines is 2. The van der Waals surface area contributed by atoms with Gasteiger partial charge in [-0.15, -0.1) is 0 Å². The number of thiocarbonyl (C=S) groups is 1. The molecule has 3 aromatic carbocycles. The molecule has 5 heteroatoms. The van der Waals surface area contributed by atoms with E-state index in [0.717, 1.165) is 22.1 Å². The summed E-state index contributed by atoms with van der Waals surface area (Å²) in [5.41, 5.74) is 1.85. The van der Waals surface area contributed by atoms with Crippen LogP contribution in [-0.4, -0.2) is 15.3 Å². The van der Waals surface area contributed by atoms with Crippen molar-refractivity contribution in [3.05, 3.63) is 73.1 Å². The topological polar surface area (TPSA) is 49.8 Å². The predicted molar refractivity (Wildman–Crippen MR) is 103 cm³/mol. The maximum atomic E-state index is 5.45. The van der Waals surface area contributed by atoms with E-state index in [1.165, 1.54) is 10.8 Å². The zero-order valence-electron chi connectivity index (χ0n) is 12.7. The van der Waals surface area contributed by atoms with E-state index in [9.17, 15) is 0 Å². The number of rotatable bonds is 2. The van der Waals surface area contributed by atoms with Gasteiger partial charge >= 0.3 is 0 Å². The molecule has 4 nitrogen and oxygen atoms in total. The van der Waals surface area contributed by atoms with E-state index < -0.39 is 0 Å². The first-order chi connectivity index (χ1) is 11.8. The predicted octanol–water partition coefficient (Wildman–Crippen LogP) is 4.59. The van der Waals surface area contributed by atoms with Gasteiger partial charge in [-0.05, 0) is 41.2 Å². The molecule has 1 aromatic heterocycles. The lowest BCUT2D eigenvalue weighted by atomic mass is 10.1. The molecule has 0 aliphatic rings. The lowest BCUT2D eigenvalue weighted by Gasteiger charge is -2.12. The van der Waals surface area contributed by atoms with Gasteiger partial charge in [0.25, 0.3) is 0 Å². The van der Waals surface area contributed by atoms with Crippen LogP contribution < -0.4 is 10.6 Å². The van der Waals surface area contributed by atoms with Gasteiger partial charge in [-0.3, -0.25) is 0 Å². The van der Waals surface area contributed by atoms with Crippen molar-refractivity contribution >= 4 is 50.2 Å². The summed E-state index contributed by atoms with van der Waals surface area (Å²) >= 11 is 5.45. The molecule has 1 heterocycles. The van der Waals surface area contributed by atoms with Crippen LogP contribution >= 0.6 is 12.2 Å². The Morgan fingerprint density at radius 1 is 0.750 bits per heavy atom. The molecule has 0 unspecified atom stereocenters. The Bertz CT molecular complexity index is 1040. The third-order valence-corrected chi connectivity index (χ3v) is 4.05. The molecular weight excluding hydrogens is 316 g/mol. The number of fused-ring (bicyclic) bond motifs is 2. The fraction of sp³-hybridized carbons (Fsp3) is 0. The minimum Gasteiger partial charge on any atom is -0.332 e. The fourth-order valence-corrected chi connectivity index (χ4v) is 2.91. The first-order valence-corrected chi connectivity index (χ1v) is 7.97. The van der Waals surface area contributed by atoms with Crippen molar-refractivity contribution in [1.82, 2.24) is 10.2 Å². The summed E-state index contributed by atoms with van der Waals surface area (Å²) in [6.45, 7) is 0. The van der Waals surface area contributed by atoms with E-state index in [2.05, 4.69) is 45.1 Å². The Kier molecular flexibility index (Phi) is 3.76. The lowest BCUT2D eigenvalue weighted by Crippen LogP contribution is -2.19. The largest absolute Gasteiger partial charge is 0.332 e. The van der Waals surface area contributed by atoms with Crippen LogP contribution in [0.15, 0.2) is 73.1 Å². The number of benzene rings is 3. The third kappa shape index (κ3) is 2.89. The number of nitrogens with one attached hydrogen (secondary N) is 2. The maximum absolute atomic E-state index is 5.45. The van der Waals surface area contributed by atoms with Crippen LogP contribution in [-0.2, 0) is 0 Å². The van der Waals surface area contributed by atoms with E-state index in [1.807, 2.05) is 36.4 Å². The summed E-state index contributed by atoms with van der Waals surface area (Å²) in [6.07, 6.45) is 3.47. The van der Waals surface area contributed by atoms with Gasteiger partial charge in [0.05, 0.1) is 12.4 Å². The number of aromatic nitrogens is 2. The Labute approximate surface area is 144 Å². The second-order valence-electron chi connectivity index (χ2n) is 5.44. The highest BCUT2D eigenvalue weighted by Gasteiger charge is 2.04. The summed E-state index contributed by atoms with van der Waals surface area (Å²) in [7, 11) is 0. The van der Waals surface area contributed by atoms with Crippen LogP contribution in [0.1, 0.15) is 0 Å². The Hall–Kier alpha value is -3.05. The van der Waals surface area contributed by atoms with Crippen molar-refractivity contribution in [2.75, 3.05) is 10.6 Å². The van der Waals surface area contributed by atoms with E-state index in [1.54, 1.807) is 12.4 Å². The van der Waals surface area contributed by atoms with Crippen molar-refractivity contribution < 1.29 is 0 Å². The van der Waals surface area contributed by atoms with Crippen molar-refractivity contribution in [2.45, 2.75) is 0 Å². The average molecular weight is 330 g/mol. The summed E-state index contributed by atoms with van der Waals surface area (Å²) in [4.78, 5) is 0. The molecule has 0 aliphatic carbocycles. The van der Waals surface area contributed by atoms with Gasteiger partial charge in [0.15, 0.2) is 5.11 Å². The van der Waals surface area contributed by atoms with Gasteiger partial charge in [-0.1, -0.05) is 42.5 Å². The molecule has 116 valence electrons. The summed E-state index contributed by atoms with van der Waals surface area (Å²) in [6, 6.07) is 20.3. The third-order valence-electron chi connectivity index (χ3n) is 3.85. The lowest BCUT2D eigenvalue weighted by molar-refractivity contribution is 1.05. The van der Waals surface area contributed by atoms with Gasteiger partial charge in [-0.25, -0.2) is 0 Å². The highest BCUT2D eigenvalue weighted by Crippen LogP contribution is 2.22. The molecule has 4 aromatic rings. The molecule has 0 aliphatic heterocycles. The molecule has 24 heavy (non-hydrogen) atoms. The molecule has 0 bridgehead atoms. The van der Waals surface area contributed by atoms with Gasteiger partial charge in [0.2, 0.25) is 0 Å². The van der Waals surface area contributed by atoms with Crippen molar-refractivity contribution in [3.8, 4) is 0 Å². The zero-order valence-corrected chi connectivity index (χ0v) is 13.5. The van der Waals surface area contributed by atoms with Crippen LogP contribution in [0.4, 0.5) is 11.4 Å². The summed E-state index contributed by atoms with van der Waals surface area (Å²) in [5, 5.41) is 19.2. The molecule has 0 amide bonds. The van der Waals surface area contributed by atoms with Crippen LogP contribution in [0.2, 0.25) is 0 Å². The number of hydrogen-bond acceptors (Lipinski definition) is 3. The van der Waals surface area contributed by atoms with Crippen molar-refractivity contribution in [3.63, 3.8) is 0 Å². The molecule has 2 N–H and O–H groups in total. The minimum absolute atomic E-state index is 0.537. The number of nitrogens with zero attached hydrogens (tertiary/aromatic N) is 2. The molecule has 0 spiro atoms. The second kappa shape index (κ2) is 6.22. The summed E-state index contributed by atoms with van der Waals surface area (Å²) < 4.78 is 0.